The first kappa shape index (κ1) is 19.4. The number of halogens is 2. The van der Waals surface area contributed by atoms with Crippen LogP contribution in [0.1, 0.15) is 31.2 Å². The van der Waals surface area contributed by atoms with Gasteiger partial charge in [0.05, 0.1) is 11.4 Å². The van der Waals surface area contributed by atoms with Crippen molar-refractivity contribution in [3.05, 3.63) is 59.7 Å². The van der Waals surface area contributed by atoms with Crippen molar-refractivity contribution in [2.45, 2.75) is 25.6 Å². The highest BCUT2D eigenvalue weighted by Crippen LogP contribution is 2.44. The maximum absolute atomic E-state index is 14.3. The Morgan fingerprint density at radius 1 is 1.26 bits per heavy atom. The van der Waals surface area contributed by atoms with Gasteiger partial charge >= 0.3 is 0 Å². The molecule has 1 N–H and O–H groups in total. The Bertz CT molecular complexity index is 873. The van der Waals surface area contributed by atoms with E-state index in [1.54, 1.807) is 24.3 Å². The van der Waals surface area contributed by atoms with E-state index in [1.165, 1.54) is 22.7 Å². The molecule has 1 saturated heterocycles. The molecule has 2 amide bonds. The number of thioether (sulfide) groups is 1. The molecule has 1 heterocycles. The summed E-state index contributed by atoms with van der Waals surface area (Å²) in [6.07, 6.45) is 0.376. The number of nitrogens with one attached hydrogen (secondary N) is 1. The van der Waals surface area contributed by atoms with Crippen molar-refractivity contribution in [3.8, 4) is 0 Å². The summed E-state index contributed by atoms with van der Waals surface area (Å²) in [5.74, 6) is -1.49. The van der Waals surface area contributed by atoms with E-state index in [9.17, 15) is 18.4 Å². The van der Waals surface area contributed by atoms with Gasteiger partial charge in [-0.1, -0.05) is 32.0 Å². The maximum atomic E-state index is 14.3. The number of rotatable bonds is 5. The lowest BCUT2D eigenvalue weighted by Crippen LogP contribution is -2.29. The molecule has 1 aliphatic heterocycles. The van der Waals surface area contributed by atoms with E-state index in [-0.39, 0.29) is 29.2 Å². The fourth-order valence-electron chi connectivity index (χ4n) is 2.99. The number of para-hydroxylation sites is 1. The van der Waals surface area contributed by atoms with Crippen molar-refractivity contribution in [1.82, 2.24) is 0 Å². The zero-order chi connectivity index (χ0) is 19.6. The first-order chi connectivity index (χ1) is 12.9. The second-order valence-corrected chi connectivity index (χ2v) is 7.82. The van der Waals surface area contributed by atoms with Crippen molar-refractivity contribution in [3.63, 3.8) is 0 Å². The van der Waals surface area contributed by atoms with Crippen LogP contribution >= 0.6 is 11.8 Å². The predicted molar refractivity (Wildman–Crippen MR) is 104 cm³/mol. The average molecular weight is 390 g/mol. The van der Waals surface area contributed by atoms with Gasteiger partial charge in [0.15, 0.2) is 0 Å². The number of nitrogens with zero attached hydrogens (tertiary/aromatic N) is 1. The summed E-state index contributed by atoms with van der Waals surface area (Å²) in [4.78, 5) is 26.0. The van der Waals surface area contributed by atoms with Crippen molar-refractivity contribution >= 4 is 35.0 Å². The van der Waals surface area contributed by atoms with Crippen LogP contribution in [0.4, 0.5) is 20.2 Å². The van der Waals surface area contributed by atoms with E-state index in [4.69, 9.17) is 0 Å². The van der Waals surface area contributed by atoms with Crippen LogP contribution in [-0.4, -0.2) is 17.6 Å². The third kappa shape index (κ3) is 4.30. The molecule has 1 atom stereocenters. The maximum Gasteiger partial charge on any atom is 0.238 e. The molecule has 2 aromatic carbocycles. The summed E-state index contributed by atoms with van der Waals surface area (Å²) >= 11 is 1.34. The van der Waals surface area contributed by atoms with Crippen LogP contribution in [0, 0.1) is 17.6 Å². The quantitative estimate of drug-likeness (QED) is 0.803. The molecular weight excluding hydrogens is 370 g/mol. The number of hydrogen-bond acceptors (Lipinski definition) is 3. The van der Waals surface area contributed by atoms with Gasteiger partial charge in [-0.3, -0.25) is 14.5 Å². The van der Waals surface area contributed by atoms with Crippen LogP contribution in [0.15, 0.2) is 42.5 Å². The van der Waals surface area contributed by atoms with Crippen molar-refractivity contribution in [1.29, 1.82) is 0 Å². The van der Waals surface area contributed by atoms with Crippen LogP contribution in [0.25, 0.3) is 0 Å². The molecule has 142 valence electrons. The standard InChI is InChI=1S/C20H20F2N2O2S/c1-12(2)9-18(25)23-16-6-4-3-5-14(16)20-24(19(26)11-27-20)17-8-7-13(21)10-15(17)22/h3-8,10,12,20H,9,11H2,1-2H3,(H,23,25)/t20-/m1/s1. The molecule has 0 spiro atoms. The van der Waals surface area contributed by atoms with Crippen molar-refractivity contribution < 1.29 is 18.4 Å². The van der Waals surface area contributed by atoms with Gasteiger partial charge in [0.1, 0.15) is 17.0 Å². The molecule has 2 aromatic rings. The fourth-order valence-corrected chi connectivity index (χ4v) is 4.19. The molecule has 0 bridgehead atoms. The third-order valence-electron chi connectivity index (χ3n) is 4.13. The van der Waals surface area contributed by atoms with Crippen LogP contribution in [-0.2, 0) is 9.59 Å². The molecule has 0 aromatic heterocycles. The van der Waals surface area contributed by atoms with Crippen LogP contribution in [0.2, 0.25) is 0 Å². The molecule has 1 aliphatic rings. The minimum Gasteiger partial charge on any atom is -0.326 e. The first-order valence-electron chi connectivity index (χ1n) is 8.64. The topological polar surface area (TPSA) is 49.4 Å². The molecule has 0 radical (unpaired) electrons. The molecule has 0 unspecified atom stereocenters. The SMILES string of the molecule is CC(C)CC(=O)Nc1ccccc1[C@H]1SCC(=O)N1c1ccc(F)cc1F. The van der Waals surface area contributed by atoms with Crippen molar-refractivity contribution in [2.24, 2.45) is 5.92 Å². The number of amides is 2. The summed E-state index contributed by atoms with van der Waals surface area (Å²) in [7, 11) is 0. The minimum atomic E-state index is -0.794. The van der Waals surface area contributed by atoms with E-state index in [2.05, 4.69) is 5.32 Å². The van der Waals surface area contributed by atoms with E-state index in [0.717, 1.165) is 12.1 Å². The molecule has 0 saturated carbocycles. The highest BCUT2D eigenvalue weighted by Gasteiger charge is 2.36. The normalized spacial score (nSPS) is 16.9. The van der Waals surface area contributed by atoms with Gasteiger partial charge in [-0.25, -0.2) is 8.78 Å². The Labute approximate surface area is 160 Å². The first-order valence-corrected chi connectivity index (χ1v) is 9.69. The Kier molecular flexibility index (Phi) is 5.79. The second-order valence-electron chi connectivity index (χ2n) is 6.76. The molecule has 1 fully saturated rings. The van der Waals surface area contributed by atoms with Gasteiger partial charge in [-0.15, -0.1) is 11.8 Å². The molecule has 7 heteroatoms. The Morgan fingerprint density at radius 2 is 2.00 bits per heavy atom. The van der Waals surface area contributed by atoms with Gasteiger partial charge in [0.2, 0.25) is 11.8 Å². The molecule has 3 rings (SSSR count). The lowest BCUT2D eigenvalue weighted by Gasteiger charge is -2.26. The Hall–Kier alpha value is -2.41. The molecular formula is C20H20F2N2O2S. The number of anilines is 2. The van der Waals surface area contributed by atoms with Crippen LogP contribution < -0.4 is 10.2 Å². The monoisotopic (exact) mass is 390 g/mol. The lowest BCUT2D eigenvalue weighted by molar-refractivity contribution is -0.117. The van der Waals surface area contributed by atoms with E-state index < -0.39 is 17.0 Å². The largest absolute Gasteiger partial charge is 0.326 e. The number of hydrogen-bond donors (Lipinski definition) is 1. The van der Waals surface area contributed by atoms with Crippen LogP contribution in [0.3, 0.4) is 0 Å². The predicted octanol–water partition coefficient (Wildman–Crippen LogP) is 4.73. The highest BCUT2D eigenvalue weighted by atomic mass is 32.2. The second kappa shape index (κ2) is 8.08. The number of carbonyl (C=O) groups is 2. The lowest BCUT2D eigenvalue weighted by atomic mass is 10.1. The van der Waals surface area contributed by atoms with Gasteiger partial charge in [0, 0.05) is 23.7 Å². The third-order valence-corrected chi connectivity index (χ3v) is 5.33. The van der Waals surface area contributed by atoms with Gasteiger partial charge < -0.3 is 5.32 Å². The van der Waals surface area contributed by atoms with Gasteiger partial charge in [-0.2, -0.15) is 0 Å². The Morgan fingerprint density at radius 3 is 2.70 bits per heavy atom. The summed E-state index contributed by atoms with van der Waals surface area (Å²) in [6, 6.07) is 10.3. The summed E-state index contributed by atoms with van der Waals surface area (Å²) in [5.41, 5.74) is 1.32. The minimum absolute atomic E-state index is 0.0275. The Balaban J connectivity index is 1.95. The van der Waals surface area contributed by atoms with E-state index in [1.807, 2.05) is 13.8 Å². The molecule has 4 nitrogen and oxygen atoms in total. The smallest absolute Gasteiger partial charge is 0.238 e. The van der Waals surface area contributed by atoms with E-state index >= 15 is 0 Å². The summed E-state index contributed by atoms with van der Waals surface area (Å²) < 4.78 is 27.6. The zero-order valence-corrected chi connectivity index (χ0v) is 15.9. The average Bonchev–Trinajstić information content (AvgIpc) is 2.96. The zero-order valence-electron chi connectivity index (χ0n) is 15.0. The van der Waals surface area contributed by atoms with Gasteiger partial charge in [-0.05, 0) is 24.1 Å². The summed E-state index contributed by atoms with van der Waals surface area (Å²) in [6.45, 7) is 3.91. The number of carbonyl (C=O) groups excluding carboxylic acids is 2. The van der Waals surface area contributed by atoms with Crippen molar-refractivity contribution in [2.75, 3.05) is 16.0 Å². The fraction of sp³-hybridized carbons (Fsp3) is 0.300. The molecule has 27 heavy (non-hydrogen) atoms. The van der Waals surface area contributed by atoms with Gasteiger partial charge in [0.25, 0.3) is 0 Å². The number of benzene rings is 2. The molecule has 0 aliphatic carbocycles. The summed E-state index contributed by atoms with van der Waals surface area (Å²) in [5, 5.41) is 2.38. The van der Waals surface area contributed by atoms with E-state index in [0.29, 0.717) is 17.7 Å². The highest BCUT2D eigenvalue weighted by molar-refractivity contribution is 8.00. The van der Waals surface area contributed by atoms with Crippen LogP contribution in [0.5, 0.6) is 0 Å².